The third kappa shape index (κ3) is 4.53. The molecule has 1 aliphatic heterocycles. The van der Waals surface area contributed by atoms with Crippen LogP contribution in [0.4, 0.5) is 5.69 Å². The first-order chi connectivity index (χ1) is 14.0. The molecule has 0 spiro atoms. The van der Waals surface area contributed by atoms with Crippen molar-refractivity contribution >= 4 is 28.9 Å². The van der Waals surface area contributed by atoms with Crippen LogP contribution in [0.2, 0.25) is 10.0 Å². The largest absolute Gasteiger partial charge is 0.508 e. The molecular formula is C24H24Cl2N2O. The van der Waals surface area contributed by atoms with Gasteiger partial charge >= 0.3 is 0 Å². The van der Waals surface area contributed by atoms with Crippen molar-refractivity contribution < 1.29 is 5.11 Å². The van der Waals surface area contributed by atoms with Crippen LogP contribution in [-0.2, 0) is 6.54 Å². The predicted molar refractivity (Wildman–Crippen MR) is 121 cm³/mol. The number of phenolic OH excluding ortho intramolecular Hbond substituents is 1. The number of hydrogen-bond acceptors (Lipinski definition) is 3. The summed E-state index contributed by atoms with van der Waals surface area (Å²) in [5.41, 5.74) is 3.45. The number of benzene rings is 3. The van der Waals surface area contributed by atoms with Crippen LogP contribution in [0.5, 0.6) is 5.75 Å². The summed E-state index contributed by atoms with van der Waals surface area (Å²) in [6.07, 6.45) is 0. The molecule has 0 aromatic heterocycles. The van der Waals surface area contributed by atoms with Crippen LogP contribution < -0.4 is 4.90 Å². The zero-order valence-corrected chi connectivity index (χ0v) is 17.8. The van der Waals surface area contributed by atoms with Crippen LogP contribution in [0.1, 0.15) is 24.1 Å². The number of rotatable bonds is 4. The maximum Gasteiger partial charge on any atom is 0.117 e. The first kappa shape index (κ1) is 20.1. The molecule has 0 aliphatic carbocycles. The topological polar surface area (TPSA) is 26.7 Å². The highest BCUT2D eigenvalue weighted by molar-refractivity contribution is 6.33. The minimum atomic E-state index is 0.134. The lowest BCUT2D eigenvalue weighted by Gasteiger charge is -2.47. The van der Waals surface area contributed by atoms with Crippen molar-refractivity contribution in [1.82, 2.24) is 4.90 Å². The van der Waals surface area contributed by atoms with Crippen LogP contribution in [0, 0.1) is 0 Å². The van der Waals surface area contributed by atoms with Crippen molar-refractivity contribution in [3.8, 4) is 5.75 Å². The molecule has 150 valence electrons. The van der Waals surface area contributed by atoms with E-state index in [-0.39, 0.29) is 11.8 Å². The van der Waals surface area contributed by atoms with E-state index >= 15 is 0 Å². The SMILES string of the molecule is CC1CN(c2ccc(O)cc2Cl)[C@H](c2ccc(Cl)cc2)CN1Cc1ccccc1. The summed E-state index contributed by atoms with van der Waals surface area (Å²) < 4.78 is 0. The van der Waals surface area contributed by atoms with Crippen molar-refractivity contribution in [3.05, 3.63) is 94.0 Å². The number of piperazine rings is 1. The number of phenols is 1. The number of anilines is 1. The predicted octanol–water partition coefficient (Wildman–Crippen LogP) is 6.15. The molecule has 3 aromatic rings. The molecule has 3 nitrogen and oxygen atoms in total. The maximum atomic E-state index is 9.78. The summed E-state index contributed by atoms with van der Waals surface area (Å²) in [7, 11) is 0. The second kappa shape index (κ2) is 8.66. The number of hydrogen-bond donors (Lipinski definition) is 1. The molecule has 1 unspecified atom stereocenters. The Bertz CT molecular complexity index is 962. The fourth-order valence-electron chi connectivity index (χ4n) is 4.03. The zero-order valence-electron chi connectivity index (χ0n) is 16.3. The minimum Gasteiger partial charge on any atom is -0.508 e. The molecule has 3 aromatic carbocycles. The molecule has 29 heavy (non-hydrogen) atoms. The quantitative estimate of drug-likeness (QED) is 0.541. The first-order valence-electron chi connectivity index (χ1n) is 9.80. The highest BCUT2D eigenvalue weighted by atomic mass is 35.5. The van der Waals surface area contributed by atoms with E-state index in [9.17, 15) is 5.11 Å². The maximum absolute atomic E-state index is 9.78. The van der Waals surface area contributed by atoms with E-state index in [1.807, 2.05) is 24.3 Å². The Morgan fingerprint density at radius 1 is 0.931 bits per heavy atom. The minimum absolute atomic E-state index is 0.134. The summed E-state index contributed by atoms with van der Waals surface area (Å²) in [5.74, 6) is 0.178. The summed E-state index contributed by atoms with van der Waals surface area (Å²) >= 11 is 12.7. The van der Waals surface area contributed by atoms with Crippen molar-refractivity contribution in [2.75, 3.05) is 18.0 Å². The van der Waals surface area contributed by atoms with Gasteiger partial charge in [0.25, 0.3) is 0 Å². The smallest absolute Gasteiger partial charge is 0.117 e. The summed E-state index contributed by atoms with van der Waals surface area (Å²) in [6, 6.07) is 24.3. The lowest BCUT2D eigenvalue weighted by Crippen LogP contribution is -2.53. The fourth-order valence-corrected chi connectivity index (χ4v) is 4.44. The van der Waals surface area contributed by atoms with E-state index in [4.69, 9.17) is 23.2 Å². The molecule has 1 heterocycles. The molecule has 1 aliphatic rings. The van der Waals surface area contributed by atoms with Gasteiger partial charge in [0.1, 0.15) is 5.75 Å². The van der Waals surface area contributed by atoms with Crippen LogP contribution in [0.15, 0.2) is 72.8 Å². The Balaban J connectivity index is 1.68. The van der Waals surface area contributed by atoms with Crippen LogP contribution in [0.3, 0.4) is 0 Å². The second-order valence-electron chi connectivity index (χ2n) is 7.62. The Labute approximate surface area is 182 Å². The van der Waals surface area contributed by atoms with Gasteiger partial charge in [0.2, 0.25) is 0 Å². The van der Waals surface area contributed by atoms with Crippen LogP contribution >= 0.6 is 23.2 Å². The van der Waals surface area contributed by atoms with Gasteiger partial charge in [0.15, 0.2) is 0 Å². The van der Waals surface area contributed by atoms with Gasteiger partial charge in [-0.3, -0.25) is 4.90 Å². The van der Waals surface area contributed by atoms with E-state index in [0.717, 1.165) is 30.3 Å². The molecule has 0 saturated carbocycles. The summed E-state index contributed by atoms with van der Waals surface area (Å²) in [5, 5.41) is 11.1. The van der Waals surface area contributed by atoms with Crippen molar-refractivity contribution in [2.24, 2.45) is 0 Å². The first-order valence-corrected chi connectivity index (χ1v) is 10.6. The van der Waals surface area contributed by atoms with E-state index in [0.29, 0.717) is 11.1 Å². The van der Waals surface area contributed by atoms with Gasteiger partial charge in [-0.15, -0.1) is 0 Å². The van der Waals surface area contributed by atoms with Gasteiger partial charge in [-0.2, -0.15) is 0 Å². The van der Waals surface area contributed by atoms with Gasteiger partial charge in [-0.05, 0) is 42.3 Å². The number of halogens is 2. The molecule has 4 rings (SSSR count). The number of nitrogens with zero attached hydrogens (tertiary/aromatic N) is 2. The van der Waals surface area contributed by atoms with Crippen molar-refractivity contribution in [1.29, 1.82) is 0 Å². The Kier molecular flexibility index (Phi) is 6.00. The van der Waals surface area contributed by atoms with Gasteiger partial charge in [0, 0.05) is 36.8 Å². The molecule has 1 saturated heterocycles. The third-order valence-corrected chi connectivity index (χ3v) is 6.15. The average molecular weight is 427 g/mol. The Morgan fingerprint density at radius 3 is 2.34 bits per heavy atom. The van der Waals surface area contributed by atoms with Gasteiger partial charge in [-0.1, -0.05) is 65.7 Å². The normalized spacial score (nSPS) is 20.0. The molecule has 1 N–H and O–H groups in total. The summed E-state index contributed by atoms with van der Waals surface area (Å²) in [6.45, 7) is 4.87. The lowest BCUT2D eigenvalue weighted by molar-refractivity contribution is 0.153. The van der Waals surface area contributed by atoms with Crippen molar-refractivity contribution in [3.63, 3.8) is 0 Å². The molecule has 0 bridgehead atoms. The molecule has 2 atom stereocenters. The van der Waals surface area contributed by atoms with Crippen molar-refractivity contribution in [2.45, 2.75) is 25.6 Å². The Morgan fingerprint density at radius 2 is 1.66 bits per heavy atom. The molecule has 1 fully saturated rings. The highest BCUT2D eigenvalue weighted by Crippen LogP contribution is 2.38. The molecular weight excluding hydrogens is 403 g/mol. The fraction of sp³-hybridized carbons (Fsp3) is 0.250. The van der Waals surface area contributed by atoms with Crippen LogP contribution in [0.25, 0.3) is 0 Å². The molecule has 5 heteroatoms. The monoisotopic (exact) mass is 426 g/mol. The van der Waals surface area contributed by atoms with Gasteiger partial charge < -0.3 is 10.0 Å². The van der Waals surface area contributed by atoms with Gasteiger partial charge in [0.05, 0.1) is 16.8 Å². The molecule has 0 radical (unpaired) electrons. The Hall–Kier alpha value is -2.20. The van der Waals surface area contributed by atoms with E-state index in [2.05, 4.69) is 53.1 Å². The standard InChI is InChI=1S/C24H24Cl2N2O/c1-17-14-28(23-12-11-21(29)13-22(23)26)24(19-7-9-20(25)10-8-19)16-27(17)15-18-5-3-2-4-6-18/h2-13,17,24,29H,14-16H2,1H3/t17?,24-/m0/s1. The van der Waals surface area contributed by atoms with E-state index < -0.39 is 0 Å². The summed E-state index contributed by atoms with van der Waals surface area (Å²) in [4.78, 5) is 4.86. The second-order valence-corrected chi connectivity index (χ2v) is 8.46. The third-order valence-electron chi connectivity index (χ3n) is 5.59. The van der Waals surface area contributed by atoms with Gasteiger partial charge in [-0.25, -0.2) is 0 Å². The molecule has 0 amide bonds. The average Bonchev–Trinajstić information content (AvgIpc) is 2.71. The lowest BCUT2D eigenvalue weighted by atomic mass is 9.98. The number of aromatic hydroxyl groups is 1. The highest BCUT2D eigenvalue weighted by Gasteiger charge is 2.33. The van der Waals surface area contributed by atoms with E-state index in [1.54, 1.807) is 12.1 Å². The zero-order chi connectivity index (χ0) is 20.4. The van der Waals surface area contributed by atoms with Crippen LogP contribution in [-0.4, -0.2) is 29.1 Å². The van der Waals surface area contributed by atoms with E-state index in [1.165, 1.54) is 11.1 Å².